The van der Waals surface area contributed by atoms with Gasteiger partial charge in [-0.2, -0.15) is 0 Å². The summed E-state index contributed by atoms with van der Waals surface area (Å²) in [6, 6.07) is 12.0. The highest BCUT2D eigenvalue weighted by atomic mass is 16.5. The Kier molecular flexibility index (Phi) is 3.84. The van der Waals surface area contributed by atoms with Crippen molar-refractivity contribution in [1.82, 2.24) is 9.97 Å². The van der Waals surface area contributed by atoms with Gasteiger partial charge in [-0.1, -0.05) is 19.9 Å². The Balaban J connectivity index is 1.74. The van der Waals surface area contributed by atoms with E-state index in [2.05, 4.69) is 27.4 Å². The van der Waals surface area contributed by atoms with Gasteiger partial charge in [0.05, 0.1) is 6.61 Å². The van der Waals surface area contributed by atoms with Gasteiger partial charge < -0.3 is 10.1 Å². The van der Waals surface area contributed by atoms with E-state index in [0.717, 1.165) is 35.3 Å². The number of nitrogens with zero attached hydrogens (tertiary/aromatic N) is 2. The number of pyridine rings is 2. The van der Waals surface area contributed by atoms with Crippen molar-refractivity contribution in [2.45, 2.75) is 20.3 Å². The summed E-state index contributed by atoms with van der Waals surface area (Å²) in [4.78, 5) is 20.7. The van der Waals surface area contributed by atoms with Crippen molar-refractivity contribution >= 4 is 22.8 Å². The zero-order valence-corrected chi connectivity index (χ0v) is 14.2. The molecule has 0 unspecified atom stereocenters. The minimum absolute atomic E-state index is 0.0540. The van der Waals surface area contributed by atoms with Crippen LogP contribution in [0.4, 0.5) is 5.82 Å². The maximum absolute atomic E-state index is 11.9. The average molecular weight is 333 g/mol. The summed E-state index contributed by atoms with van der Waals surface area (Å²) in [5.41, 5.74) is 4.05. The molecule has 4 rings (SSSR count). The third kappa shape index (κ3) is 2.93. The van der Waals surface area contributed by atoms with Crippen molar-refractivity contribution in [3.63, 3.8) is 0 Å². The molecule has 2 aromatic heterocycles. The Morgan fingerprint density at radius 1 is 1.20 bits per heavy atom. The van der Waals surface area contributed by atoms with E-state index in [9.17, 15) is 4.79 Å². The van der Waals surface area contributed by atoms with E-state index >= 15 is 0 Å². The van der Waals surface area contributed by atoms with Gasteiger partial charge in [-0.3, -0.25) is 4.79 Å². The summed E-state index contributed by atoms with van der Waals surface area (Å²) in [5, 5.41) is 3.78. The minimum Gasteiger partial charge on any atom is -0.493 e. The van der Waals surface area contributed by atoms with Crippen LogP contribution in [0.3, 0.4) is 0 Å². The molecule has 5 nitrogen and oxygen atoms in total. The Labute approximate surface area is 146 Å². The lowest BCUT2D eigenvalue weighted by Crippen LogP contribution is -2.18. The molecule has 1 aliphatic heterocycles. The second-order valence-corrected chi connectivity index (χ2v) is 6.49. The van der Waals surface area contributed by atoms with Crippen molar-refractivity contribution in [1.29, 1.82) is 0 Å². The SMILES string of the molecule is CC(C)C(=O)Nc1ccc2c(-c3ccc4c(c3)CCO4)ccnc2n1. The molecule has 0 saturated heterocycles. The lowest BCUT2D eigenvalue weighted by Gasteiger charge is -2.10. The number of ether oxygens (including phenoxy) is 1. The topological polar surface area (TPSA) is 64.1 Å². The zero-order valence-electron chi connectivity index (χ0n) is 14.2. The summed E-state index contributed by atoms with van der Waals surface area (Å²) in [6.45, 7) is 4.45. The lowest BCUT2D eigenvalue weighted by molar-refractivity contribution is -0.118. The number of rotatable bonds is 3. The molecule has 25 heavy (non-hydrogen) atoms. The molecule has 3 heterocycles. The molecule has 0 saturated carbocycles. The monoisotopic (exact) mass is 333 g/mol. The molecule has 0 spiro atoms. The van der Waals surface area contributed by atoms with Gasteiger partial charge in [0.15, 0.2) is 5.65 Å². The third-order valence-corrected chi connectivity index (χ3v) is 4.38. The van der Waals surface area contributed by atoms with Gasteiger partial charge >= 0.3 is 0 Å². The molecular weight excluding hydrogens is 314 g/mol. The average Bonchev–Trinajstić information content (AvgIpc) is 3.08. The van der Waals surface area contributed by atoms with Crippen molar-refractivity contribution in [2.24, 2.45) is 5.92 Å². The quantitative estimate of drug-likeness (QED) is 0.791. The maximum Gasteiger partial charge on any atom is 0.228 e. The van der Waals surface area contributed by atoms with Gasteiger partial charge in [0, 0.05) is 23.9 Å². The number of fused-ring (bicyclic) bond motifs is 2. The highest BCUT2D eigenvalue weighted by molar-refractivity contribution is 5.96. The summed E-state index contributed by atoms with van der Waals surface area (Å²) in [6.07, 6.45) is 2.69. The molecule has 0 radical (unpaired) electrons. The van der Waals surface area contributed by atoms with Crippen LogP contribution < -0.4 is 10.1 Å². The smallest absolute Gasteiger partial charge is 0.228 e. The molecule has 1 aromatic carbocycles. The summed E-state index contributed by atoms with van der Waals surface area (Å²) < 4.78 is 5.58. The predicted octanol–water partition coefficient (Wildman–Crippen LogP) is 3.83. The molecule has 0 bridgehead atoms. The fraction of sp³-hybridized carbons (Fsp3) is 0.250. The number of carbonyl (C=O) groups excluding carboxylic acids is 1. The molecule has 1 aliphatic rings. The van der Waals surface area contributed by atoms with Gasteiger partial charge in [-0.05, 0) is 47.0 Å². The molecule has 1 N–H and O–H groups in total. The molecule has 0 fully saturated rings. The number of benzene rings is 1. The van der Waals surface area contributed by atoms with Crippen LogP contribution in [0.2, 0.25) is 0 Å². The highest BCUT2D eigenvalue weighted by Gasteiger charge is 2.15. The fourth-order valence-corrected chi connectivity index (χ4v) is 2.98. The largest absolute Gasteiger partial charge is 0.493 e. The number of aromatic nitrogens is 2. The second kappa shape index (κ2) is 6.16. The molecular formula is C20H19N3O2. The van der Waals surface area contributed by atoms with Crippen LogP contribution in [-0.2, 0) is 11.2 Å². The van der Waals surface area contributed by atoms with Crippen molar-refractivity contribution < 1.29 is 9.53 Å². The standard InChI is InChI=1S/C20H19N3O2/c1-12(2)20(24)23-18-6-4-16-15(7-9-21-19(16)22-18)13-3-5-17-14(11-13)8-10-25-17/h3-7,9,11-12H,8,10H2,1-2H3,(H,21,22,23,24). The van der Waals surface area contributed by atoms with Crippen molar-refractivity contribution in [3.8, 4) is 16.9 Å². The highest BCUT2D eigenvalue weighted by Crippen LogP contribution is 2.33. The first kappa shape index (κ1) is 15.6. The molecule has 0 aliphatic carbocycles. The third-order valence-electron chi connectivity index (χ3n) is 4.38. The van der Waals surface area contributed by atoms with E-state index in [1.807, 2.05) is 38.1 Å². The Morgan fingerprint density at radius 2 is 2.08 bits per heavy atom. The minimum atomic E-state index is -0.0922. The van der Waals surface area contributed by atoms with Crippen LogP contribution in [0.5, 0.6) is 5.75 Å². The van der Waals surface area contributed by atoms with Gasteiger partial charge in [0.25, 0.3) is 0 Å². The fourth-order valence-electron chi connectivity index (χ4n) is 2.98. The van der Waals surface area contributed by atoms with Crippen LogP contribution >= 0.6 is 0 Å². The first-order valence-corrected chi connectivity index (χ1v) is 8.44. The number of hydrogen-bond donors (Lipinski definition) is 1. The molecule has 0 atom stereocenters. The second-order valence-electron chi connectivity index (χ2n) is 6.49. The van der Waals surface area contributed by atoms with Crippen LogP contribution in [0.15, 0.2) is 42.6 Å². The number of hydrogen-bond acceptors (Lipinski definition) is 4. The molecule has 5 heteroatoms. The number of anilines is 1. The number of nitrogens with one attached hydrogen (secondary N) is 1. The van der Waals surface area contributed by atoms with E-state index in [0.29, 0.717) is 11.5 Å². The van der Waals surface area contributed by atoms with Gasteiger partial charge in [0.1, 0.15) is 11.6 Å². The van der Waals surface area contributed by atoms with Gasteiger partial charge in [-0.25, -0.2) is 9.97 Å². The Bertz CT molecular complexity index is 966. The molecule has 1 amide bonds. The van der Waals surface area contributed by atoms with Gasteiger partial charge in [0.2, 0.25) is 5.91 Å². The Hall–Kier alpha value is -2.95. The van der Waals surface area contributed by atoms with E-state index in [1.54, 1.807) is 6.20 Å². The van der Waals surface area contributed by atoms with E-state index < -0.39 is 0 Å². The van der Waals surface area contributed by atoms with E-state index in [1.165, 1.54) is 5.56 Å². The summed E-state index contributed by atoms with van der Waals surface area (Å²) >= 11 is 0. The Morgan fingerprint density at radius 3 is 2.92 bits per heavy atom. The lowest BCUT2D eigenvalue weighted by atomic mass is 10.00. The van der Waals surface area contributed by atoms with Crippen LogP contribution in [0.1, 0.15) is 19.4 Å². The van der Waals surface area contributed by atoms with Crippen LogP contribution in [-0.4, -0.2) is 22.5 Å². The summed E-state index contributed by atoms with van der Waals surface area (Å²) in [7, 11) is 0. The van der Waals surface area contributed by atoms with Crippen molar-refractivity contribution in [2.75, 3.05) is 11.9 Å². The molecule has 126 valence electrons. The first-order valence-electron chi connectivity index (χ1n) is 8.44. The maximum atomic E-state index is 11.9. The molecule has 3 aromatic rings. The first-order chi connectivity index (χ1) is 12.1. The van der Waals surface area contributed by atoms with Gasteiger partial charge in [-0.15, -0.1) is 0 Å². The zero-order chi connectivity index (χ0) is 17.4. The van der Waals surface area contributed by atoms with Crippen LogP contribution in [0.25, 0.3) is 22.2 Å². The number of carbonyl (C=O) groups is 1. The summed E-state index contributed by atoms with van der Waals surface area (Å²) in [5.74, 6) is 1.35. The predicted molar refractivity (Wildman–Crippen MR) is 97.6 cm³/mol. The normalized spacial score (nSPS) is 12.9. The van der Waals surface area contributed by atoms with E-state index in [-0.39, 0.29) is 11.8 Å². The number of amides is 1. The van der Waals surface area contributed by atoms with E-state index in [4.69, 9.17) is 4.74 Å². The van der Waals surface area contributed by atoms with Crippen LogP contribution in [0, 0.1) is 5.92 Å². The van der Waals surface area contributed by atoms with Crippen molar-refractivity contribution in [3.05, 3.63) is 48.2 Å².